The zero-order valence-corrected chi connectivity index (χ0v) is 7.94. The maximum atomic E-state index is 12.1. The second kappa shape index (κ2) is 6.47. The standard InChI is InChI=1S/C8H4F.ClH.Mg/c1-2-7-3-5-8(9)6-4-7;;/h3-6H;1H;/q-1;;+2/p-1. The van der Waals surface area contributed by atoms with Crippen LogP contribution in [-0.2, 0) is 0 Å². The van der Waals surface area contributed by atoms with Crippen molar-refractivity contribution >= 4 is 23.1 Å². The molecule has 0 fully saturated rings. The van der Waals surface area contributed by atoms with Crippen LogP contribution >= 0.6 is 0 Å². The molecule has 0 N–H and O–H groups in total. The Morgan fingerprint density at radius 1 is 1.18 bits per heavy atom. The first-order valence-electron chi connectivity index (χ1n) is 2.51. The molecule has 0 nitrogen and oxygen atoms in total. The molecule has 1 rings (SSSR count). The first-order valence-corrected chi connectivity index (χ1v) is 2.51. The Kier molecular flexibility index (Phi) is 7.87. The minimum Gasteiger partial charge on any atom is -1.00 e. The number of rotatable bonds is 0. The number of halogens is 2. The predicted octanol–water partition coefficient (Wildman–Crippen LogP) is -1.61. The zero-order chi connectivity index (χ0) is 6.69. The van der Waals surface area contributed by atoms with Gasteiger partial charge in [0.25, 0.3) is 0 Å². The third-order valence-electron chi connectivity index (χ3n) is 0.989. The first-order chi connectivity index (χ1) is 4.33. The summed E-state index contributed by atoms with van der Waals surface area (Å²) in [6.45, 7) is 0. The van der Waals surface area contributed by atoms with Crippen LogP contribution in [0.3, 0.4) is 0 Å². The summed E-state index contributed by atoms with van der Waals surface area (Å²) in [6, 6.07) is 5.61. The number of benzene rings is 1. The predicted molar refractivity (Wildman–Crippen MR) is 38.4 cm³/mol. The average Bonchev–Trinajstić information content (AvgIpc) is 1.90. The van der Waals surface area contributed by atoms with Gasteiger partial charge in [0.1, 0.15) is 5.82 Å². The van der Waals surface area contributed by atoms with Crippen molar-refractivity contribution in [2.75, 3.05) is 0 Å². The maximum Gasteiger partial charge on any atom is 2.00 e. The fourth-order valence-electron chi connectivity index (χ4n) is 0.533. The van der Waals surface area contributed by atoms with E-state index >= 15 is 0 Å². The van der Waals surface area contributed by atoms with Gasteiger partial charge in [0.15, 0.2) is 0 Å². The zero-order valence-electron chi connectivity index (χ0n) is 5.77. The van der Waals surface area contributed by atoms with Crippen molar-refractivity contribution < 1.29 is 16.8 Å². The molecule has 0 aromatic heterocycles. The molecule has 0 saturated carbocycles. The van der Waals surface area contributed by atoms with Gasteiger partial charge >= 0.3 is 23.1 Å². The van der Waals surface area contributed by atoms with Crippen LogP contribution in [0, 0.1) is 18.2 Å². The summed E-state index contributed by atoms with van der Waals surface area (Å²) in [5, 5.41) is 0. The Labute approximate surface area is 87.7 Å². The number of hydrogen-bond donors (Lipinski definition) is 0. The van der Waals surface area contributed by atoms with Gasteiger partial charge in [-0.05, 0) is 12.1 Å². The summed E-state index contributed by atoms with van der Waals surface area (Å²) in [7, 11) is 0. The smallest absolute Gasteiger partial charge is 1.00 e. The average molecular weight is 179 g/mol. The van der Waals surface area contributed by atoms with Gasteiger partial charge in [-0.15, -0.1) is 17.7 Å². The third kappa shape index (κ3) is 4.25. The maximum absolute atomic E-state index is 12.1. The van der Waals surface area contributed by atoms with Gasteiger partial charge in [-0.2, -0.15) is 0 Å². The van der Waals surface area contributed by atoms with Crippen molar-refractivity contribution in [2.24, 2.45) is 0 Å². The molecule has 0 atom stereocenters. The Balaban J connectivity index is 0. The summed E-state index contributed by atoms with van der Waals surface area (Å²) in [5.74, 6) is 1.85. The first kappa shape index (κ1) is 13.4. The van der Waals surface area contributed by atoms with Gasteiger partial charge in [-0.3, -0.25) is 5.92 Å². The fraction of sp³-hybridized carbons (Fsp3) is 0. The van der Waals surface area contributed by atoms with E-state index in [4.69, 9.17) is 6.42 Å². The Morgan fingerprint density at radius 2 is 1.64 bits per heavy atom. The van der Waals surface area contributed by atoms with Crippen LogP contribution in [0.5, 0.6) is 0 Å². The molecular formula is C8H4ClFMg. The topological polar surface area (TPSA) is 0 Å². The Morgan fingerprint density at radius 3 is 2.00 bits per heavy atom. The van der Waals surface area contributed by atoms with Gasteiger partial charge in [-0.1, -0.05) is 0 Å². The Bertz CT molecular complexity index is 237. The van der Waals surface area contributed by atoms with Crippen molar-refractivity contribution in [3.63, 3.8) is 0 Å². The normalized spacial score (nSPS) is 6.91. The van der Waals surface area contributed by atoms with Crippen LogP contribution in [0.15, 0.2) is 24.3 Å². The van der Waals surface area contributed by atoms with Gasteiger partial charge < -0.3 is 18.8 Å². The molecule has 0 amide bonds. The molecule has 52 valence electrons. The molecule has 0 radical (unpaired) electrons. The second-order valence-electron chi connectivity index (χ2n) is 1.63. The molecule has 0 aliphatic rings. The molecule has 11 heavy (non-hydrogen) atoms. The molecule has 0 aliphatic heterocycles. The minimum absolute atomic E-state index is 0. The molecule has 1 aromatic carbocycles. The van der Waals surface area contributed by atoms with Crippen LogP contribution in [0.4, 0.5) is 4.39 Å². The molecular weight excluding hydrogens is 175 g/mol. The van der Waals surface area contributed by atoms with Crippen LogP contribution < -0.4 is 12.4 Å². The van der Waals surface area contributed by atoms with Crippen molar-refractivity contribution in [1.82, 2.24) is 0 Å². The van der Waals surface area contributed by atoms with E-state index < -0.39 is 0 Å². The van der Waals surface area contributed by atoms with Gasteiger partial charge in [-0.25, -0.2) is 4.39 Å². The number of hydrogen-bond acceptors (Lipinski definition) is 0. The van der Waals surface area contributed by atoms with Crippen molar-refractivity contribution in [1.29, 1.82) is 0 Å². The van der Waals surface area contributed by atoms with E-state index in [1.807, 2.05) is 0 Å². The molecule has 0 spiro atoms. The Hall–Kier alpha value is -0.234. The van der Waals surface area contributed by atoms with Crippen molar-refractivity contribution in [3.05, 3.63) is 42.1 Å². The van der Waals surface area contributed by atoms with Gasteiger partial charge in [0, 0.05) is 0 Å². The summed E-state index contributed by atoms with van der Waals surface area (Å²) < 4.78 is 12.1. The minimum atomic E-state index is -0.283. The molecule has 1 aromatic rings. The summed E-state index contributed by atoms with van der Waals surface area (Å²) in [5.41, 5.74) is 0.594. The van der Waals surface area contributed by atoms with E-state index in [1.54, 1.807) is 0 Å². The van der Waals surface area contributed by atoms with Gasteiger partial charge in [0.2, 0.25) is 0 Å². The summed E-state index contributed by atoms with van der Waals surface area (Å²) in [4.78, 5) is 0. The molecule has 0 saturated heterocycles. The summed E-state index contributed by atoms with van der Waals surface area (Å²) in [6.07, 6.45) is 6.64. The second-order valence-corrected chi connectivity index (χ2v) is 1.63. The largest absolute Gasteiger partial charge is 2.00 e. The van der Waals surface area contributed by atoms with Crippen LogP contribution in [0.25, 0.3) is 0 Å². The van der Waals surface area contributed by atoms with E-state index in [0.717, 1.165) is 0 Å². The molecule has 3 heteroatoms. The third-order valence-corrected chi connectivity index (χ3v) is 0.989. The van der Waals surface area contributed by atoms with Crippen molar-refractivity contribution in [3.8, 4) is 5.92 Å². The summed E-state index contributed by atoms with van der Waals surface area (Å²) >= 11 is 0. The fourth-order valence-corrected chi connectivity index (χ4v) is 0.533. The monoisotopic (exact) mass is 178 g/mol. The molecule has 0 unspecified atom stereocenters. The van der Waals surface area contributed by atoms with Gasteiger partial charge in [0.05, 0.1) is 0 Å². The van der Waals surface area contributed by atoms with Crippen LogP contribution in [0.1, 0.15) is 5.56 Å². The van der Waals surface area contributed by atoms with E-state index in [-0.39, 0.29) is 41.3 Å². The van der Waals surface area contributed by atoms with Crippen molar-refractivity contribution in [2.45, 2.75) is 0 Å². The molecule has 0 aliphatic carbocycles. The molecule has 0 heterocycles. The van der Waals surface area contributed by atoms with E-state index in [0.29, 0.717) is 5.56 Å². The van der Waals surface area contributed by atoms with Crippen LogP contribution in [0.2, 0.25) is 0 Å². The quantitative estimate of drug-likeness (QED) is 0.255. The van der Waals surface area contributed by atoms with Crippen LogP contribution in [-0.4, -0.2) is 23.1 Å². The SMILES string of the molecule is [C-]#Cc1ccc(F)cc1.[Cl-].[Mg+2]. The van der Waals surface area contributed by atoms with E-state index in [1.165, 1.54) is 24.3 Å². The van der Waals surface area contributed by atoms with E-state index in [9.17, 15) is 4.39 Å². The van der Waals surface area contributed by atoms with E-state index in [2.05, 4.69) is 5.92 Å². The molecule has 0 bridgehead atoms.